The number of allylic oxidation sites excluding steroid dienone is 5. The number of hydrogen-bond donors (Lipinski definition) is 0. The van der Waals surface area contributed by atoms with Crippen LogP contribution in [0.3, 0.4) is 0 Å². The smallest absolute Gasteiger partial charge is 0.0723 e. The molecule has 0 aromatic rings. The zero-order valence-electron chi connectivity index (χ0n) is 6.89. The summed E-state index contributed by atoms with van der Waals surface area (Å²) in [6, 6.07) is 0. The van der Waals surface area contributed by atoms with Crippen LogP contribution in [0.4, 0.5) is 0 Å². The summed E-state index contributed by atoms with van der Waals surface area (Å²) in [5, 5.41) is 0. The predicted molar refractivity (Wildman–Crippen MR) is 48.9 cm³/mol. The van der Waals surface area contributed by atoms with Crippen molar-refractivity contribution < 1.29 is 0 Å². The topological polar surface area (TPSA) is 12.4 Å². The lowest BCUT2D eigenvalue weighted by Crippen LogP contribution is -2.02. The summed E-state index contributed by atoms with van der Waals surface area (Å²) >= 11 is 0. The average Bonchev–Trinajstić information content (AvgIpc) is 2.04. The molecule has 0 N–H and O–H groups in total. The van der Waals surface area contributed by atoms with Gasteiger partial charge in [-0.25, -0.2) is 0 Å². The molecule has 1 heteroatoms. The van der Waals surface area contributed by atoms with E-state index in [0.29, 0.717) is 0 Å². The van der Waals surface area contributed by atoms with E-state index in [4.69, 9.17) is 0 Å². The summed E-state index contributed by atoms with van der Waals surface area (Å²) in [6.45, 7) is 5.65. The van der Waals surface area contributed by atoms with Crippen LogP contribution >= 0.6 is 0 Å². The fourth-order valence-corrected chi connectivity index (χ4v) is 1.07. The van der Waals surface area contributed by atoms with Crippen LogP contribution < -0.4 is 0 Å². The molecule has 0 aromatic heterocycles. The van der Waals surface area contributed by atoms with Crippen LogP contribution in [0.1, 0.15) is 6.92 Å². The zero-order chi connectivity index (χ0) is 8.27. The lowest BCUT2D eigenvalue weighted by atomic mass is 9.99. The molecule has 0 radical (unpaired) electrons. The van der Waals surface area contributed by atoms with Gasteiger partial charge < -0.3 is 0 Å². The molecule has 1 rings (SSSR count). The van der Waals surface area contributed by atoms with E-state index in [2.05, 4.69) is 17.3 Å². The van der Waals surface area contributed by atoms with Gasteiger partial charge in [-0.05, 0) is 18.6 Å². The normalized spacial score (nSPS) is 20.0. The molecule has 11 heavy (non-hydrogen) atoms. The Bertz CT molecular complexity index is 297. The van der Waals surface area contributed by atoms with Gasteiger partial charge in [0.05, 0.1) is 5.71 Å². The first kappa shape index (κ1) is 7.77. The molecule has 0 spiro atoms. The van der Waals surface area contributed by atoms with Crippen molar-refractivity contribution in [3.05, 3.63) is 41.7 Å². The highest BCUT2D eigenvalue weighted by molar-refractivity contribution is 6.12. The van der Waals surface area contributed by atoms with Crippen LogP contribution in [-0.4, -0.2) is 12.8 Å². The predicted octanol–water partition coefficient (Wildman–Crippen LogP) is 2.28. The maximum Gasteiger partial charge on any atom is 0.0723 e. The molecule has 0 aromatic carbocycles. The first-order valence-electron chi connectivity index (χ1n) is 3.52. The Morgan fingerprint density at radius 1 is 1.55 bits per heavy atom. The second-order valence-electron chi connectivity index (χ2n) is 2.37. The summed E-state index contributed by atoms with van der Waals surface area (Å²) in [6.07, 6.45) is 5.97. The Morgan fingerprint density at radius 2 is 2.27 bits per heavy atom. The van der Waals surface area contributed by atoms with Crippen molar-refractivity contribution in [2.45, 2.75) is 6.92 Å². The molecule has 0 amide bonds. The van der Waals surface area contributed by atoms with Gasteiger partial charge in [-0.1, -0.05) is 18.7 Å². The van der Waals surface area contributed by atoms with E-state index in [1.807, 2.05) is 25.2 Å². The highest BCUT2D eigenvalue weighted by Crippen LogP contribution is 2.14. The molecule has 1 aliphatic carbocycles. The second-order valence-corrected chi connectivity index (χ2v) is 2.37. The van der Waals surface area contributed by atoms with E-state index in [1.165, 1.54) is 5.57 Å². The highest BCUT2D eigenvalue weighted by Gasteiger charge is 2.06. The fraction of sp³-hybridized carbons (Fsp3) is 0.200. The van der Waals surface area contributed by atoms with Crippen molar-refractivity contribution >= 4 is 5.71 Å². The molecule has 0 saturated carbocycles. The number of aliphatic imine (C=N–C) groups is 1. The van der Waals surface area contributed by atoms with E-state index >= 15 is 0 Å². The van der Waals surface area contributed by atoms with Crippen LogP contribution in [0.15, 0.2) is 46.7 Å². The van der Waals surface area contributed by atoms with Crippen LogP contribution in [-0.2, 0) is 0 Å². The van der Waals surface area contributed by atoms with Crippen molar-refractivity contribution in [1.82, 2.24) is 0 Å². The molecular weight excluding hydrogens is 134 g/mol. The van der Waals surface area contributed by atoms with Gasteiger partial charge in [0.2, 0.25) is 0 Å². The van der Waals surface area contributed by atoms with Crippen molar-refractivity contribution in [2.75, 3.05) is 7.05 Å². The minimum atomic E-state index is 0.958. The monoisotopic (exact) mass is 145 g/mol. The Hall–Kier alpha value is -1.33. The quantitative estimate of drug-likeness (QED) is 0.464. The molecule has 0 saturated heterocycles. The van der Waals surface area contributed by atoms with Gasteiger partial charge in [0.1, 0.15) is 0 Å². The van der Waals surface area contributed by atoms with Crippen LogP contribution in [0.25, 0.3) is 0 Å². The first-order valence-corrected chi connectivity index (χ1v) is 3.52. The van der Waals surface area contributed by atoms with Crippen LogP contribution in [0.2, 0.25) is 0 Å². The first-order chi connectivity index (χ1) is 5.29. The molecule has 0 bridgehead atoms. The SMILES string of the molecule is C=C=C1C(C)=CC=C/C1=N/C. The molecule has 0 heterocycles. The van der Waals surface area contributed by atoms with Gasteiger partial charge in [0.25, 0.3) is 0 Å². The van der Waals surface area contributed by atoms with E-state index < -0.39 is 0 Å². The standard InChI is InChI=1S/C10H11N/c1-4-9-8(2)6-5-7-10(9)11-3/h5-7H,1H2,2-3H3/b11-10-. The third-order valence-electron chi connectivity index (χ3n) is 1.67. The van der Waals surface area contributed by atoms with Crippen LogP contribution in [0.5, 0.6) is 0 Å². The van der Waals surface area contributed by atoms with Gasteiger partial charge in [-0.2, -0.15) is 0 Å². The van der Waals surface area contributed by atoms with Gasteiger partial charge in [0.15, 0.2) is 0 Å². The molecule has 1 aliphatic rings. The molecule has 0 atom stereocenters. The van der Waals surface area contributed by atoms with Crippen molar-refractivity contribution in [1.29, 1.82) is 0 Å². The van der Waals surface area contributed by atoms with Crippen molar-refractivity contribution in [3.63, 3.8) is 0 Å². The molecule has 0 unspecified atom stereocenters. The summed E-state index contributed by atoms with van der Waals surface area (Å²) in [5.41, 5.74) is 6.01. The number of hydrogen-bond acceptors (Lipinski definition) is 1. The van der Waals surface area contributed by atoms with Gasteiger partial charge in [-0.15, -0.1) is 5.73 Å². The van der Waals surface area contributed by atoms with Crippen molar-refractivity contribution in [2.24, 2.45) is 4.99 Å². The van der Waals surface area contributed by atoms with Crippen LogP contribution in [0, 0.1) is 0 Å². The van der Waals surface area contributed by atoms with Crippen molar-refractivity contribution in [3.8, 4) is 0 Å². The summed E-state index contributed by atoms with van der Waals surface area (Å²) in [7, 11) is 1.77. The summed E-state index contributed by atoms with van der Waals surface area (Å²) in [5.74, 6) is 0. The molecule has 0 aliphatic heterocycles. The zero-order valence-corrected chi connectivity index (χ0v) is 6.89. The van der Waals surface area contributed by atoms with Gasteiger partial charge >= 0.3 is 0 Å². The minimum absolute atomic E-state index is 0.958. The third-order valence-corrected chi connectivity index (χ3v) is 1.67. The molecule has 0 fully saturated rings. The van der Waals surface area contributed by atoms with Gasteiger partial charge in [0, 0.05) is 12.6 Å². The summed E-state index contributed by atoms with van der Waals surface area (Å²) < 4.78 is 0. The van der Waals surface area contributed by atoms with Gasteiger partial charge in [-0.3, -0.25) is 4.99 Å². The van der Waals surface area contributed by atoms with E-state index in [1.54, 1.807) is 7.05 Å². The Kier molecular flexibility index (Phi) is 2.25. The highest BCUT2D eigenvalue weighted by atomic mass is 14.7. The Balaban J connectivity index is 3.19. The van der Waals surface area contributed by atoms with E-state index in [9.17, 15) is 0 Å². The summed E-state index contributed by atoms with van der Waals surface area (Å²) in [4.78, 5) is 4.10. The van der Waals surface area contributed by atoms with E-state index in [0.717, 1.165) is 11.3 Å². The second kappa shape index (κ2) is 3.18. The molecular formula is C10H11N. The number of nitrogens with zero attached hydrogens (tertiary/aromatic N) is 1. The average molecular weight is 145 g/mol. The third kappa shape index (κ3) is 1.39. The Morgan fingerprint density at radius 3 is 2.73 bits per heavy atom. The maximum absolute atomic E-state index is 4.10. The maximum atomic E-state index is 4.10. The Labute approximate surface area is 67.2 Å². The lowest BCUT2D eigenvalue weighted by Gasteiger charge is -2.07. The minimum Gasteiger partial charge on any atom is -0.287 e. The molecule has 56 valence electrons. The van der Waals surface area contributed by atoms with E-state index in [-0.39, 0.29) is 0 Å². The fourth-order valence-electron chi connectivity index (χ4n) is 1.07. The lowest BCUT2D eigenvalue weighted by molar-refractivity contribution is 1.38. The molecule has 1 nitrogen and oxygen atoms in total. The largest absolute Gasteiger partial charge is 0.287 e. The number of rotatable bonds is 0.